The molecule has 1 aliphatic carbocycles. The molecule has 1 aliphatic heterocycles. The van der Waals surface area contributed by atoms with Crippen LogP contribution in [0.5, 0.6) is 0 Å². The number of allylic oxidation sites excluding steroid dienone is 9. The molecule has 0 N–H and O–H groups in total. The highest BCUT2D eigenvalue weighted by atomic mass is 15.1. The van der Waals surface area contributed by atoms with Gasteiger partial charge in [0.05, 0.1) is 0 Å². The van der Waals surface area contributed by atoms with Crippen molar-refractivity contribution in [2.75, 3.05) is 20.1 Å². The Hall–Kier alpha value is -1.86. The maximum atomic E-state index is 4.08. The van der Waals surface area contributed by atoms with Crippen LogP contribution >= 0.6 is 0 Å². The largest absolute Gasteiger partial charge is 0.305 e. The summed E-state index contributed by atoms with van der Waals surface area (Å²) in [7, 11) is 2.21. The molecule has 2 aliphatic rings. The molecule has 0 aromatic rings. The van der Waals surface area contributed by atoms with Crippen LogP contribution in [0.3, 0.4) is 0 Å². The van der Waals surface area contributed by atoms with E-state index in [9.17, 15) is 0 Å². The molecule has 0 spiro atoms. The second-order valence-electron chi connectivity index (χ2n) is 9.46. The van der Waals surface area contributed by atoms with Gasteiger partial charge in [-0.1, -0.05) is 106 Å². The third-order valence-electron chi connectivity index (χ3n) is 6.45. The van der Waals surface area contributed by atoms with E-state index in [1.165, 1.54) is 41.6 Å². The Morgan fingerprint density at radius 1 is 1.23 bits per heavy atom. The molecule has 1 saturated heterocycles. The van der Waals surface area contributed by atoms with Crippen molar-refractivity contribution in [3.63, 3.8) is 0 Å². The summed E-state index contributed by atoms with van der Waals surface area (Å²) in [5, 5.41) is 0. The van der Waals surface area contributed by atoms with Crippen molar-refractivity contribution in [3.05, 3.63) is 84.1 Å². The van der Waals surface area contributed by atoms with Crippen molar-refractivity contribution < 1.29 is 0 Å². The van der Waals surface area contributed by atoms with Gasteiger partial charge in [-0.05, 0) is 64.0 Å². The highest BCUT2D eigenvalue weighted by Crippen LogP contribution is 2.35. The molecular weight excluding hydrogens is 374 g/mol. The van der Waals surface area contributed by atoms with E-state index in [1.54, 1.807) is 0 Å². The summed E-state index contributed by atoms with van der Waals surface area (Å²) >= 11 is 0. The summed E-state index contributed by atoms with van der Waals surface area (Å²) in [5.41, 5.74) is 6.73. The van der Waals surface area contributed by atoms with Gasteiger partial charge in [-0.15, -0.1) is 0 Å². The topological polar surface area (TPSA) is 3.24 Å². The Bertz CT molecular complexity index is 722. The number of piperidine rings is 1. The lowest BCUT2D eigenvalue weighted by molar-refractivity contribution is 0.273. The van der Waals surface area contributed by atoms with Gasteiger partial charge in [-0.2, -0.15) is 0 Å². The van der Waals surface area contributed by atoms with E-state index in [0.29, 0.717) is 11.8 Å². The fourth-order valence-corrected chi connectivity index (χ4v) is 4.15. The number of rotatable bonds is 8. The molecule has 1 heterocycles. The molecule has 0 amide bonds. The first kappa shape index (κ1) is 27.2. The summed E-state index contributed by atoms with van der Waals surface area (Å²) in [6.07, 6.45) is 19.3. The fourth-order valence-electron chi connectivity index (χ4n) is 4.15. The summed E-state index contributed by atoms with van der Waals surface area (Å²) in [6, 6.07) is 0. The Labute approximate surface area is 193 Å². The van der Waals surface area contributed by atoms with E-state index in [4.69, 9.17) is 0 Å². The third-order valence-corrected chi connectivity index (χ3v) is 6.45. The molecule has 172 valence electrons. The Morgan fingerprint density at radius 3 is 2.32 bits per heavy atom. The third kappa shape index (κ3) is 9.44. The summed E-state index contributed by atoms with van der Waals surface area (Å²) < 4.78 is 0. The van der Waals surface area contributed by atoms with Gasteiger partial charge in [0.25, 0.3) is 0 Å². The van der Waals surface area contributed by atoms with Crippen LogP contribution in [0.2, 0.25) is 0 Å². The van der Waals surface area contributed by atoms with Gasteiger partial charge < -0.3 is 4.90 Å². The van der Waals surface area contributed by atoms with Crippen LogP contribution in [0, 0.1) is 17.8 Å². The molecule has 1 nitrogen and oxygen atoms in total. The lowest BCUT2D eigenvalue weighted by Crippen LogP contribution is -2.34. The van der Waals surface area contributed by atoms with Crippen LogP contribution < -0.4 is 0 Å². The zero-order valence-corrected chi connectivity index (χ0v) is 21.2. The molecule has 31 heavy (non-hydrogen) atoms. The van der Waals surface area contributed by atoms with Crippen molar-refractivity contribution in [1.82, 2.24) is 4.90 Å². The van der Waals surface area contributed by atoms with E-state index in [-0.39, 0.29) is 0 Å². The van der Waals surface area contributed by atoms with Gasteiger partial charge in [-0.25, -0.2) is 0 Å². The summed E-state index contributed by atoms with van der Waals surface area (Å²) in [6.45, 7) is 25.0. The van der Waals surface area contributed by atoms with E-state index in [0.717, 1.165) is 37.4 Å². The quantitative estimate of drug-likeness (QED) is 0.280. The zero-order chi connectivity index (χ0) is 23.4. The number of nitrogens with zero attached hydrogens (tertiary/aromatic N) is 1. The van der Waals surface area contributed by atoms with Crippen LogP contribution in [0.1, 0.15) is 66.7 Å². The molecule has 0 bridgehead atoms. The minimum absolute atomic E-state index is 0.508. The molecule has 1 unspecified atom stereocenters. The van der Waals surface area contributed by atoms with E-state index in [1.807, 2.05) is 13.0 Å². The number of hydrogen-bond donors (Lipinski definition) is 0. The molecule has 1 heteroatoms. The molecule has 1 atom stereocenters. The molecular formula is C30H47N. The zero-order valence-electron chi connectivity index (χ0n) is 21.2. The van der Waals surface area contributed by atoms with Gasteiger partial charge in [-0.3, -0.25) is 0 Å². The Balaban J connectivity index is 0.000000442. The van der Waals surface area contributed by atoms with Crippen molar-refractivity contribution in [2.24, 2.45) is 17.8 Å². The SMILES string of the molecule is C=C(C(C)C)C1CCC1.C=CC(=C/C(=C)C)/C=C1\CCN(C)CC1/C(=C/C=C\C)CC. The number of hydrogen-bond acceptors (Lipinski definition) is 1. The maximum Gasteiger partial charge on any atom is 0.0141 e. The van der Waals surface area contributed by atoms with Gasteiger partial charge in [0.1, 0.15) is 0 Å². The maximum absolute atomic E-state index is 4.08. The van der Waals surface area contributed by atoms with Crippen LogP contribution in [-0.4, -0.2) is 25.0 Å². The van der Waals surface area contributed by atoms with E-state index < -0.39 is 0 Å². The molecule has 2 fully saturated rings. The van der Waals surface area contributed by atoms with Crippen LogP contribution in [0.25, 0.3) is 0 Å². The van der Waals surface area contributed by atoms with Gasteiger partial charge >= 0.3 is 0 Å². The smallest absolute Gasteiger partial charge is 0.0141 e. The second kappa shape index (κ2) is 14.2. The van der Waals surface area contributed by atoms with Crippen LogP contribution in [-0.2, 0) is 0 Å². The highest BCUT2D eigenvalue weighted by molar-refractivity contribution is 5.40. The molecule has 2 rings (SSSR count). The van der Waals surface area contributed by atoms with Gasteiger partial charge in [0.2, 0.25) is 0 Å². The van der Waals surface area contributed by atoms with E-state index >= 15 is 0 Å². The molecule has 1 saturated carbocycles. The fraction of sp³-hybridized carbons (Fsp3) is 0.533. The monoisotopic (exact) mass is 421 g/mol. The van der Waals surface area contributed by atoms with Crippen molar-refractivity contribution in [3.8, 4) is 0 Å². The first-order chi connectivity index (χ1) is 14.7. The average Bonchev–Trinajstić information content (AvgIpc) is 2.68. The molecule has 0 radical (unpaired) electrons. The first-order valence-corrected chi connectivity index (χ1v) is 12.1. The van der Waals surface area contributed by atoms with Crippen LogP contribution in [0.4, 0.5) is 0 Å². The van der Waals surface area contributed by atoms with Crippen molar-refractivity contribution in [2.45, 2.75) is 66.7 Å². The first-order valence-electron chi connectivity index (χ1n) is 12.1. The van der Waals surface area contributed by atoms with Gasteiger partial charge in [0, 0.05) is 19.0 Å². The van der Waals surface area contributed by atoms with E-state index in [2.05, 4.69) is 89.8 Å². The summed E-state index contributed by atoms with van der Waals surface area (Å²) in [5.74, 6) is 2.09. The highest BCUT2D eigenvalue weighted by Gasteiger charge is 2.24. The predicted molar refractivity (Wildman–Crippen MR) is 141 cm³/mol. The predicted octanol–water partition coefficient (Wildman–Crippen LogP) is 8.46. The Kier molecular flexibility index (Phi) is 12.5. The minimum Gasteiger partial charge on any atom is -0.305 e. The van der Waals surface area contributed by atoms with Gasteiger partial charge in [0.15, 0.2) is 0 Å². The Morgan fingerprint density at radius 2 is 1.90 bits per heavy atom. The van der Waals surface area contributed by atoms with Crippen molar-refractivity contribution >= 4 is 0 Å². The molecule has 0 aromatic carbocycles. The average molecular weight is 422 g/mol. The van der Waals surface area contributed by atoms with Crippen LogP contribution in [0.15, 0.2) is 84.1 Å². The standard InChI is InChI=1S/C21H31N.C9H16/c1-7-10-11-19(9-3)21-16-22(6)13-12-20(21)15-18(8-2)14-17(4)5;1-7(2)8(3)9-5-4-6-9/h7-8,10-11,14-15,21H,2,4,9,12-13,16H2,1,3,5-6H3;7,9H,3-6H2,1-2H3/b10-7-,18-14-,19-11+,20-15+;. The lowest BCUT2D eigenvalue weighted by Gasteiger charge is -2.34. The normalized spacial score (nSPS) is 22.3. The van der Waals surface area contributed by atoms with Crippen molar-refractivity contribution in [1.29, 1.82) is 0 Å². The lowest BCUT2D eigenvalue weighted by atomic mass is 9.76. The second-order valence-corrected chi connectivity index (χ2v) is 9.46. The summed E-state index contributed by atoms with van der Waals surface area (Å²) in [4.78, 5) is 2.43. The minimum atomic E-state index is 0.508. The number of likely N-dealkylation sites (tertiary alicyclic amines) is 1. The molecule has 0 aromatic heterocycles.